The van der Waals surface area contributed by atoms with E-state index in [1.54, 1.807) is 0 Å². The van der Waals surface area contributed by atoms with Crippen LogP contribution in [0.1, 0.15) is 20.8 Å². The quantitative estimate of drug-likeness (QED) is 0.449. The fourth-order valence-corrected chi connectivity index (χ4v) is 2.87. The molecule has 0 nitrogen and oxygen atoms in total. The minimum atomic E-state index is 0.903. The molecule has 0 heteroatoms. The molecule has 2 rings (SSSR count). The van der Waals surface area contributed by atoms with E-state index in [0.29, 0.717) is 0 Å². The lowest BCUT2D eigenvalue weighted by Gasteiger charge is -2.19. The van der Waals surface area contributed by atoms with E-state index in [-0.39, 0.29) is 0 Å². The van der Waals surface area contributed by atoms with Gasteiger partial charge in [0.1, 0.15) is 0 Å². The molecule has 0 radical (unpaired) electrons. The van der Waals surface area contributed by atoms with Crippen LogP contribution < -0.4 is 0 Å². The van der Waals surface area contributed by atoms with Gasteiger partial charge in [0.25, 0.3) is 0 Å². The van der Waals surface area contributed by atoms with Crippen LogP contribution in [-0.2, 0) is 0 Å². The van der Waals surface area contributed by atoms with Gasteiger partial charge in [0.2, 0.25) is 0 Å². The topological polar surface area (TPSA) is 0 Å². The Hall–Kier alpha value is -0.260. The molecule has 2 bridgehead atoms. The molecular formula is C10H16. The summed E-state index contributed by atoms with van der Waals surface area (Å²) in [6.07, 6.45) is 4.86. The van der Waals surface area contributed by atoms with Crippen molar-refractivity contribution < 1.29 is 0 Å². The lowest BCUT2D eigenvalue weighted by molar-refractivity contribution is 0.364. The second-order valence-electron chi connectivity index (χ2n) is 4.12. The summed E-state index contributed by atoms with van der Waals surface area (Å²) in [6.45, 7) is 7.19. The first-order valence-corrected chi connectivity index (χ1v) is 4.40. The molecule has 0 aromatic rings. The predicted molar refractivity (Wildman–Crippen MR) is 43.6 cm³/mol. The van der Waals surface area contributed by atoms with Crippen molar-refractivity contribution >= 4 is 0 Å². The molecule has 1 unspecified atom stereocenters. The molecule has 2 aliphatic carbocycles. The summed E-state index contributed by atoms with van der Waals surface area (Å²) in [7, 11) is 0. The molecule has 0 N–H and O–H groups in total. The fraction of sp³-hybridized carbons (Fsp3) is 0.800. The van der Waals surface area contributed by atoms with Crippen molar-refractivity contribution in [3.05, 3.63) is 12.2 Å². The molecule has 1 fully saturated rings. The van der Waals surface area contributed by atoms with Gasteiger partial charge in [0.15, 0.2) is 0 Å². The van der Waals surface area contributed by atoms with Gasteiger partial charge >= 0.3 is 0 Å². The SMILES string of the molecule is CC1[C@H]2C=C[C@@H]1[C@H](C)[C@H]2C. The Morgan fingerprint density at radius 3 is 1.30 bits per heavy atom. The van der Waals surface area contributed by atoms with Crippen molar-refractivity contribution in [1.82, 2.24) is 0 Å². The number of allylic oxidation sites excluding steroid dienone is 2. The third-order valence-electron chi connectivity index (χ3n) is 3.81. The highest BCUT2D eigenvalue weighted by molar-refractivity contribution is 5.14. The molecule has 0 amide bonds. The highest BCUT2D eigenvalue weighted by Crippen LogP contribution is 2.51. The molecule has 2 aliphatic rings. The molecule has 0 saturated heterocycles. The maximum absolute atomic E-state index is 2.43. The molecule has 56 valence electrons. The van der Waals surface area contributed by atoms with E-state index in [1.165, 1.54) is 0 Å². The Morgan fingerprint density at radius 2 is 1.10 bits per heavy atom. The first-order valence-electron chi connectivity index (χ1n) is 4.40. The largest absolute Gasteiger partial charge is 0.0846 e. The number of rotatable bonds is 0. The highest BCUT2D eigenvalue weighted by Gasteiger charge is 2.44. The van der Waals surface area contributed by atoms with E-state index in [0.717, 1.165) is 29.6 Å². The van der Waals surface area contributed by atoms with E-state index in [1.807, 2.05) is 0 Å². The van der Waals surface area contributed by atoms with Crippen LogP contribution >= 0.6 is 0 Å². The predicted octanol–water partition coefficient (Wildman–Crippen LogP) is 2.71. The maximum Gasteiger partial charge on any atom is -0.0173 e. The van der Waals surface area contributed by atoms with Gasteiger partial charge in [-0.2, -0.15) is 0 Å². The zero-order valence-corrected chi connectivity index (χ0v) is 7.04. The van der Waals surface area contributed by atoms with Crippen molar-refractivity contribution in [3.8, 4) is 0 Å². The average molecular weight is 136 g/mol. The van der Waals surface area contributed by atoms with Crippen molar-refractivity contribution in [2.24, 2.45) is 29.6 Å². The van der Waals surface area contributed by atoms with Gasteiger partial charge in [0.05, 0.1) is 0 Å². The van der Waals surface area contributed by atoms with Crippen LogP contribution in [0.3, 0.4) is 0 Å². The molecule has 0 aromatic carbocycles. The molecular weight excluding hydrogens is 120 g/mol. The summed E-state index contributed by atoms with van der Waals surface area (Å²) >= 11 is 0. The third kappa shape index (κ3) is 0.574. The Labute approximate surface area is 63.3 Å². The smallest absolute Gasteiger partial charge is 0.0173 e. The lowest BCUT2D eigenvalue weighted by Crippen LogP contribution is -2.12. The van der Waals surface area contributed by atoms with Gasteiger partial charge < -0.3 is 0 Å². The Bertz CT molecular complexity index is 151. The van der Waals surface area contributed by atoms with Crippen LogP contribution in [0.4, 0.5) is 0 Å². The third-order valence-corrected chi connectivity index (χ3v) is 3.81. The monoisotopic (exact) mass is 136 g/mol. The van der Waals surface area contributed by atoms with Crippen molar-refractivity contribution in [1.29, 1.82) is 0 Å². The molecule has 0 heterocycles. The lowest BCUT2D eigenvalue weighted by atomic mass is 9.86. The second kappa shape index (κ2) is 1.87. The van der Waals surface area contributed by atoms with Gasteiger partial charge in [-0.3, -0.25) is 0 Å². The zero-order chi connectivity index (χ0) is 7.30. The summed E-state index contributed by atoms with van der Waals surface area (Å²) in [4.78, 5) is 0. The van der Waals surface area contributed by atoms with Crippen LogP contribution in [0.5, 0.6) is 0 Å². The van der Waals surface area contributed by atoms with E-state index in [9.17, 15) is 0 Å². The van der Waals surface area contributed by atoms with E-state index < -0.39 is 0 Å². The van der Waals surface area contributed by atoms with Crippen LogP contribution in [0, 0.1) is 29.6 Å². The molecule has 10 heavy (non-hydrogen) atoms. The van der Waals surface area contributed by atoms with Crippen molar-refractivity contribution in [3.63, 3.8) is 0 Å². The normalized spacial score (nSPS) is 58.1. The fourth-order valence-electron chi connectivity index (χ4n) is 2.87. The van der Waals surface area contributed by atoms with E-state index in [2.05, 4.69) is 32.9 Å². The summed E-state index contributed by atoms with van der Waals surface area (Å²) in [5, 5.41) is 0. The zero-order valence-electron chi connectivity index (χ0n) is 7.04. The van der Waals surface area contributed by atoms with Crippen LogP contribution in [0.15, 0.2) is 12.2 Å². The second-order valence-corrected chi connectivity index (χ2v) is 4.12. The number of hydrogen-bond acceptors (Lipinski definition) is 0. The average Bonchev–Trinajstić information content (AvgIpc) is 2.34. The first-order chi connectivity index (χ1) is 4.72. The Kier molecular flexibility index (Phi) is 1.21. The maximum atomic E-state index is 2.43. The standard InChI is InChI=1S/C10H16/c1-6-7(2)10-5-4-9(6)8(10)3/h4-10H,1-3H3/t6-,7-,8?,9-,10+/m1/s1. The first kappa shape index (κ1) is 6.45. The van der Waals surface area contributed by atoms with Gasteiger partial charge in [-0.05, 0) is 29.6 Å². The van der Waals surface area contributed by atoms with Gasteiger partial charge in [-0.1, -0.05) is 32.9 Å². The molecule has 5 atom stereocenters. The molecule has 0 aliphatic heterocycles. The summed E-state index contributed by atoms with van der Waals surface area (Å²) in [6, 6.07) is 0. The highest BCUT2D eigenvalue weighted by atomic mass is 14.5. The summed E-state index contributed by atoms with van der Waals surface area (Å²) in [5.74, 6) is 4.61. The minimum absolute atomic E-state index is 0.903. The number of fused-ring (bicyclic) bond motifs is 2. The van der Waals surface area contributed by atoms with Crippen LogP contribution in [0.25, 0.3) is 0 Å². The molecule has 1 saturated carbocycles. The van der Waals surface area contributed by atoms with Crippen LogP contribution in [-0.4, -0.2) is 0 Å². The van der Waals surface area contributed by atoms with Gasteiger partial charge in [-0.25, -0.2) is 0 Å². The molecule has 0 aromatic heterocycles. The van der Waals surface area contributed by atoms with Gasteiger partial charge in [-0.15, -0.1) is 0 Å². The van der Waals surface area contributed by atoms with Crippen molar-refractivity contribution in [2.75, 3.05) is 0 Å². The van der Waals surface area contributed by atoms with E-state index in [4.69, 9.17) is 0 Å². The number of hydrogen-bond donors (Lipinski definition) is 0. The van der Waals surface area contributed by atoms with Crippen molar-refractivity contribution in [2.45, 2.75) is 20.8 Å². The minimum Gasteiger partial charge on any atom is -0.0846 e. The van der Waals surface area contributed by atoms with Crippen LogP contribution in [0.2, 0.25) is 0 Å². The summed E-state index contributed by atoms with van der Waals surface area (Å²) in [5.41, 5.74) is 0. The van der Waals surface area contributed by atoms with Gasteiger partial charge in [0, 0.05) is 0 Å². The Balaban J connectivity index is 2.30. The van der Waals surface area contributed by atoms with E-state index >= 15 is 0 Å². The summed E-state index contributed by atoms with van der Waals surface area (Å²) < 4.78 is 0. The Morgan fingerprint density at radius 1 is 0.700 bits per heavy atom. The molecule has 0 spiro atoms.